The molecule has 1 atom stereocenters. The van der Waals surface area contributed by atoms with Crippen molar-refractivity contribution in [2.45, 2.75) is 17.9 Å². The monoisotopic (exact) mass is 303 g/mol. The van der Waals surface area contributed by atoms with Gasteiger partial charge < -0.3 is 15.4 Å². The minimum absolute atomic E-state index is 0.0326. The van der Waals surface area contributed by atoms with E-state index in [1.165, 1.54) is 12.1 Å². The van der Waals surface area contributed by atoms with Crippen LogP contribution in [0.1, 0.15) is 6.92 Å². The molecule has 0 bridgehead atoms. The molecular weight excluding hydrogens is 286 g/mol. The molecule has 0 fully saturated rings. The van der Waals surface area contributed by atoms with Gasteiger partial charge in [0.2, 0.25) is 10.0 Å². The molecule has 0 saturated carbocycles. The fraction of sp³-hybridized carbons (Fsp3) is 0.364. The zero-order valence-corrected chi connectivity index (χ0v) is 12.3. The maximum Gasteiger partial charge on any atom is 0.238 e. The molecule has 1 unspecified atom stereocenters. The number of hydrogen-bond donors (Lipinski definition) is 3. The molecule has 0 radical (unpaired) electrons. The molecular formula is C11H17N3O3S2. The highest BCUT2D eigenvalue weighted by Crippen LogP contribution is 2.13. The molecule has 4 N–H and O–H groups in total. The third kappa shape index (κ3) is 5.52. The van der Waals surface area contributed by atoms with Gasteiger partial charge in [-0.1, -0.05) is 6.07 Å². The van der Waals surface area contributed by atoms with Crippen LogP contribution in [0.4, 0.5) is 5.69 Å². The minimum Gasteiger partial charge on any atom is -0.383 e. The standard InChI is InChI=1S/C11H17N3O3S2/c1-8(7-17-2)13-11(18)14-9-4-3-5-10(6-9)19(12,15)16/h3-6,8H,7H2,1-2H3,(H2,12,15,16)(H2,13,14,18). The number of rotatable bonds is 5. The number of ether oxygens (including phenoxy) is 1. The maximum absolute atomic E-state index is 11.2. The van der Waals surface area contributed by atoms with E-state index in [1.54, 1.807) is 19.2 Å². The normalized spacial score (nSPS) is 12.8. The first-order chi connectivity index (χ1) is 8.82. The van der Waals surface area contributed by atoms with E-state index in [0.717, 1.165) is 0 Å². The fourth-order valence-electron chi connectivity index (χ4n) is 1.43. The molecule has 8 heteroatoms. The Labute approximate surface area is 118 Å². The van der Waals surface area contributed by atoms with E-state index in [1.807, 2.05) is 6.92 Å². The number of nitrogens with two attached hydrogens (primary N) is 1. The molecule has 0 amide bonds. The van der Waals surface area contributed by atoms with Crippen molar-refractivity contribution in [2.24, 2.45) is 5.14 Å². The molecule has 1 aromatic rings. The molecule has 6 nitrogen and oxygen atoms in total. The summed E-state index contributed by atoms with van der Waals surface area (Å²) in [5, 5.41) is 11.3. The van der Waals surface area contributed by atoms with Crippen LogP contribution in [0.5, 0.6) is 0 Å². The quantitative estimate of drug-likeness (QED) is 0.692. The third-order valence-corrected chi connectivity index (χ3v) is 3.35. The predicted octanol–water partition coefficient (Wildman–Crippen LogP) is 0.655. The van der Waals surface area contributed by atoms with Crippen molar-refractivity contribution in [1.29, 1.82) is 0 Å². The second-order valence-electron chi connectivity index (χ2n) is 4.03. The van der Waals surface area contributed by atoms with E-state index in [2.05, 4.69) is 10.6 Å². The summed E-state index contributed by atoms with van der Waals surface area (Å²) in [7, 11) is -2.12. The minimum atomic E-state index is -3.72. The van der Waals surface area contributed by atoms with E-state index >= 15 is 0 Å². The van der Waals surface area contributed by atoms with Crippen molar-refractivity contribution in [3.8, 4) is 0 Å². The molecule has 0 aromatic heterocycles. The first-order valence-electron chi connectivity index (χ1n) is 5.52. The topological polar surface area (TPSA) is 93.4 Å². The molecule has 106 valence electrons. The molecule has 0 spiro atoms. The second-order valence-corrected chi connectivity index (χ2v) is 6.00. The van der Waals surface area contributed by atoms with Crippen LogP contribution in [-0.2, 0) is 14.8 Å². The van der Waals surface area contributed by atoms with Gasteiger partial charge in [-0.05, 0) is 37.3 Å². The van der Waals surface area contributed by atoms with Gasteiger partial charge in [0.15, 0.2) is 5.11 Å². The van der Waals surface area contributed by atoms with Gasteiger partial charge >= 0.3 is 0 Å². The summed E-state index contributed by atoms with van der Waals surface area (Å²) in [6, 6.07) is 6.17. The Balaban J connectivity index is 2.70. The number of hydrogen-bond acceptors (Lipinski definition) is 4. The Kier molecular flexibility index (Phi) is 5.67. The summed E-state index contributed by atoms with van der Waals surface area (Å²) in [5.41, 5.74) is 0.550. The first kappa shape index (κ1) is 15.8. The SMILES string of the molecule is COCC(C)NC(=S)Nc1cccc(S(N)(=O)=O)c1. The van der Waals surface area contributed by atoms with E-state index in [0.29, 0.717) is 17.4 Å². The van der Waals surface area contributed by atoms with Crippen molar-refractivity contribution >= 4 is 33.0 Å². The number of anilines is 1. The Hall–Kier alpha value is -1.22. The van der Waals surface area contributed by atoms with Crippen LogP contribution in [0.25, 0.3) is 0 Å². The molecule has 1 aromatic carbocycles. The highest BCUT2D eigenvalue weighted by atomic mass is 32.2. The fourth-order valence-corrected chi connectivity index (χ4v) is 2.31. The highest BCUT2D eigenvalue weighted by Gasteiger charge is 2.09. The number of thiocarbonyl (C=S) groups is 1. The van der Waals surface area contributed by atoms with Crippen LogP contribution in [0.3, 0.4) is 0 Å². The predicted molar refractivity (Wildman–Crippen MR) is 78.5 cm³/mol. The number of primary sulfonamides is 1. The van der Waals surface area contributed by atoms with Gasteiger partial charge in [0.05, 0.1) is 11.5 Å². The number of sulfonamides is 1. The molecule has 19 heavy (non-hydrogen) atoms. The molecule has 0 heterocycles. The molecule has 0 aliphatic carbocycles. The maximum atomic E-state index is 11.2. The van der Waals surface area contributed by atoms with Crippen molar-refractivity contribution < 1.29 is 13.2 Å². The summed E-state index contributed by atoms with van der Waals surface area (Å²) >= 11 is 5.10. The summed E-state index contributed by atoms with van der Waals surface area (Å²) in [6.45, 7) is 2.43. The molecule has 0 aliphatic rings. The smallest absolute Gasteiger partial charge is 0.238 e. The average Bonchev–Trinajstić information content (AvgIpc) is 2.28. The summed E-state index contributed by atoms with van der Waals surface area (Å²) in [5.74, 6) is 0. The summed E-state index contributed by atoms with van der Waals surface area (Å²) < 4.78 is 27.4. The van der Waals surface area contributed by atoms with Crippen molar-refractivity contribution in [2.75, 3.05) is 19.0 Å². The summed E-state index contributed by atoms with van der Waals surface area (Å²) in [6.07, 6.45) is 0. The van der Waals surface area contributed by atoms with Crippen molar-refractivity contribution in [1.82, 2.24) is 5.32 Å². The van der Waals surface area contributed by atoms with E-state index < -0.39 is 10.0 Å². The highest BCUT2D eigenvalue weighted by molar-refractivity contribution is 7.89. The summed E-state index contributed by atoms with van der Waals surface area (Å²) in [4.78, 5) is 0.0326. The van der Waals surface area contributed by atoms with E-state index in [-0.39, 0.29) is 10.9 Å². The lowest BCUT2D eigenvalue weighted by Gasteiger charge is -2.16. The first-order valence-corrected chi connectivity index (χ1v) is 7.47. The van der Waals surface area contributed by atoms with Gasteiger partial charge in [0.25, 0.3) is 0 Å². The van der Waals surface area contributed by atoms with Crippen LogP contribution in [-0.4, -0.2) is 33.3 Å². The number of methoxy groups -OCH3 is 1. The van der Waals surface area contributed by atoms with Gasteiger partial charge in [-0.15, -0.1) is 0 Å². The van der Waals surface area contributed by atoms with E-state index in [9.17, 15) is 8.42 Å². The molecule has 0 saturated heterocycles. The number of nitrogens with one attached hydrogen (secondary N) is 2. The van der Waals surface area contributed by atoms with Gasteiger partial charge in [0.1, 0.15) is 0 Å². The van der Waals surface area contributed by atoms with Gasteiger partial charge in [-0.2, -0.15) is 0 Å². The Morgan fingerprint density at radius 2 is 2.21 bits per heavy atom. The zero-order chi connectivity index (χ0) is 14.5. The Bertz CT molecular complexity index is 546. The van der Waals surface area contributed by atoms with Gasteiger partial charge in [0, 0.05) is 18.8 Å². The van der Waals surface area contributed by atoms with Crippen molar-refractivity contribution in [3.05, 3.63) is 24.3 Å². The molecule has 1 rings (SSSR count). The third-order valence-electron chi connectivity index (χ3n) is 2.21. The largest absolute Gasteiger partial charge is 0.383 e. The lowest BCUT2D eigenvalue weighted by Crippen LogP contribution is -2.38. The Morgan fingerprint density at radius 3 is 2.79 bits per heavy atom. The lowest BCUT2D eigenvalue weighted by molar-refractivity contribution is 0.179. The van der Waals surface area contributed by atoms with Crippen LogP contribution in [0.15, 0.2) is 29.2 Å². The average molecular weight is 303 g/mol. The Morgan fingerprint density at radius 1 is 1.53 bits per heavy atom. The lowest BCUT2D eigenvalue weighted by atomic mass is 10.3. The van der Waals surface area contributed by atoms with Crippen LogP contribution < -0.4 is 15.8 Å². The van der Waals surface area contributed by atoms with Crippen LogP contribution >= 0.6 is 12.2 Å². The second kappa shape index (κ2) is 6.80. The van der Waals surface area contributed by atoms with E-state index in [4.69, 9.17) is 22.1 Å². The van der Waals surface area contributed by atoms with Gasteiger partial charge in [-0.25, -0.2) is 13.6 Å². The number of benzene rings is 1. The molecule has 0 aliphatic heterocycles. The van der Waals surface area contributed by atoms with Crippen LogP contribution in [0, 0.1) is 0 Å². The van der Waals surface area contributed by atoms with Crippen LogP contribution in [0.2, 0.25) is 0 Å². The van der Waals surface area contributed by atoms with Gasteiger partial charge in [-0.3, -0.25) is 0 Å². The van der Waals surface area contributed by atoms with Crippen molar-refractivity contribution in [3.63, 3.8) is 0 Å². The zero-order valence-electron chi connectivity index (χ0n) is 10.7.